The zero-order valence-electron chi connectivity index (χ0n) is 22.3. The largest absolute Gasteiger partial charge is 0.497 e. The summed E-state index contributed by atoms with van der Waals surface area (Å²) in [7, 11) is 3.22. The Morgan fingerprint density at radius 1 is 0.897 bits per heavy atom. The molecule has 1 fully saturated rings. The Labute approximate surface area is 227 Å². The molecule has 1 aliphatic carbocycles. The third kappa shape index (κ3) is 5.57. The fourth-order valence-corrected chi connectivity index (χ4v) is 5.32. The number of rotatable bonds is 9. The van der Waals surface area contributed by atoms with Gasteiger partial charge in [0, 0.05) is 12.2 Å². The quantitative estimate of drug-likeness (QED) is 0.335. The Morgan fingerprint density at radius 2 is 1.54 bits per heavy atom. The molecule has 9 nitrogen and oxygen atoms in total. The molecule has 1 saturated carbocycles. The number of ether oxygens (including phenoxy) is 2. The van der Waals surface area contributed by atoms with Gasteiger partial charge in [0.25, 0.3) is 0 Å². The van der Waals surface area contributed by atoms with Crippen LogP contribution in [0.5, 0.6) is 11.5 Å². The van der Waals surface area contributed by atoms with Gasteiger partial charge in [0.05, 0.1) is 19.7 Å². The lowest BCUT2D eigenvalue weighted by atomic mass is 9.78. The standard InChI is InChI=1S/C30H33N5O4/c1-38-24-14-10-22(11-15-24)20-34(28(36)21-35-27-9-5-4-8-26(27)32-33-35)30(18-6-3-7-19-30)29(37)31-23-12-16-25(39-2)17-13-23/h4-5,8-17H,3,6-7,18-21H2,1-2H3,(H,31,37). The number of anilines is 1. The number of methoxy groups -OCH3 is 2. The number of fused-ring (bicyclic) bond motifs is 1. The molecule has 1 aliphatic rings. The maximum Gasteiger partial charge on any atom is 0.250 e. The van der Waals surface area contributed by atoms with Gasteiger partial charge in [-0.25, -0.2) is 4.68 Å². The molecule has 0 unspecified atom stereocenters. The molecule has 2 amide bonds. The summed E-state index contributed by atoms with van der Waals surface area (Å²) in [6.07, 6.45) is 3.89. The van der Waals surface area contributed by atoms with Gasteiger partial charge < -0.3 is 19.7 Å². The number of benzene rings is 3. The highest BCUT2D eigenvalue weighted by atomic mass is 16.5. The molecule has 1 N–H and O–H groups in total. The van der Waals surface area contributed by atoms with Gasteiger partial charge in [0.2, 0.25) is 11.8 Å². The number of carbonyl (C=O) groups excluding carboxylic acids is 2. The molecule has 3 aromatic carbocycles. The Balaban J connectivity index is 1.50. The number of nitrogens with one attached hydrogen (secondary N) is 1. The van der Waals surface area contributed by atoms with Crippen LogP contribution in [0.1, 0.15) is 37.7 Å². The molecule has 4 aromatic rings. The highest BCUT2D eigenvalue weighted by molar-refractivity contribution is 6.00. The number of carbonyl (C=O) groups is 2. The van der Waals surface area contributed by atoms with Crippen molar-refractivity contribution >= 4 is 28.5 Å². The number of para-hydroxylation sites is 1. The fraction of sp³-hybridized carbons (Fsp3) is 0.333. The van der Waals surface area contributed by atoms with Crippen molar-refractivity contribution in [3.8, 4) is 11.5 Å². The molecule has 0 radical (unpaired) electrons. The minimum atomic E-state index is -1.01. The first-order valence-electron chi connectivity index (χ1n) is 13.2. The van der Waals surface area contributed by atoms with E-state index < -0.39 is 5.54 Å². The first-order valence-corrected chi connectivity index (χ1v) is 13.2. The first kappa shape index (κ1) is 26.2. The summed E-state index contributed by atoms with van der Waals surface area (Å²) in [5.74, 6) is 1.07. The smallest absolute Gasteiger partial charge is 0.250 e. The maximum atomic E-state index is 14.1. The second-order valence-electron chi connectivity index (χ2n) is 9.84. The highest BCUT2D eigenvalue weighted by Crippen LogP contribution is 2.37. The van der Waals surface area contributed by atoms with E-state index in [9.17, 15) is 9.59 Å². The predicted octanol–water partition coefficient (Wildman–Crippen LogP) is 4.82. The molecular weight excluding hydrogens is 494 g/mol. The van der Waals surface area contributed by atoms with E-state index in [2.05, 4.69) is 15.6 Å². The van der Waals surface area contributed by atoms with Gasteiger partial charge in [-0.15, -0.1) is 5.10 Å². The van der Waals surface area contributed by atoms with E-state index in [4.69, 9.17) is 9.47 Å². The van der Waals surface area contributed by atoms with Crippen LogP contribution in [0.2, 0.25) is 0 Å². The topological polar surface area (TPSA) is 98.6 Å². The number of nitrogens with zero attached hydrogens (tertiary/aromatic N) is 4. The van der Waals surface area contributed by atoms with E-state index in [1.54, 1.807) is 35.9 Å². The monoisotopic (exact) mass is 527 g/mol. The zero-order chi connectivity index (χ0) is 27.2. The molecule has 1 heterocycles. The minimum Gasteiger partial charge on any atom is -0.497 e. The predicted molar refractivity (Wildman–Crippen MR) is 149 cm³/mol. The fourth-order valence-electron chi connectivity index (χ4n) is 5.32. The minimum absolute atomic E-state index is 0.0196. The average Bonchev–Trinajstić information content (AvgIpc) is 3.39. The van der Waals surface area contributed by atoms with Crippen LogP contribution in [0.25, 0.3) is 11.0 Å². The highest BCUT2D eigenvalue weighted by Gasteiger charge is 2.47. The average molecular weight is 528 g/mol. The van der Waals surface area contributed by atoms with Gasteiger partial charge in [-0.2, -0.15) is 0 Å². The Bertz CT molecular complexity index is 1430. The molecule has 202 valence electrons. The number of hydrogen-bond donors (Lipinski definition) is 1. The van der Waals surface area contributed by atoms with Crippen LogP contribution >= 0.6 is 0 Å². The van der Waals surface area contributed by atoms with Gasteiger partial charge in [-0.1, -0.05) is 48.7 Å². The van der Waals surface area contributed by atoms with E-state index in [0.717, 1.165) is 41.6 Å². The Morgan fingerprint density at radius 3 is 2.21 bits per heavy atom. The van der Waals surface area contributed by atoms with Crippen molar-refractivity contribution in [2.45, 2.75) is 50.7 Å². The van der Waals surface area contributed by atoms with E-state index >= 15 is 0 Å². The molecule has 0 atom stereocenters. The van der Waals surface area contributed by atoms with Crippen molar-refractivity contribution in [2.24, 2.45) is 0 Å². The van der Waals surface area contributed by atoms with Crippen LogP contribution in [-0.2, 0) is 22.7 Å². The van der Waals surface area contributed by atoms with Crippen LogP contribution in [0.4, 0.5) is 5.69 Å². The van der Waals surface area contributed by atoms with Gasteiger partial charge in [0.1, 0.15) is 29.1 Å². The van der Waals surface area contributed by atoms with Gasteiger partial charge in [-0.05, 0) is 66.9 Å². The Kier molecular flexibility index (Phi) is 7.76. The van der Waals surface area contributed by atoms with Gasteiger partial charge >= 0.3 is 0 Å². The lowest BCUT2D eigenvalue weighted by Gasteiger charge is -2.45. The molecule has 0 spiro atoms. The number of hydrogen-bond acceptors (Lipinski definition) is 6. The van der Waals surface area contributed by atoms with Crippen LogP contribution in [-0.4, -0.2) is 51.5 Å². The summed E-state index contributed by atoms with van der Waals surface area (Å²) in [5.41, 5.74) is 2.05. The summed E-state index contributed by atoms with van der Waals surface area (Å²) in [6, 6.07) is 22.4. The van der Waals surface area contributed by atoms with Crippen LogP contribution in [0, 0.1) is 0 Å². The SMILES string of the molecule is COc1ccc(CN(C(=O)Cn2nnc3ccccc32)C2(C(=O)Nc3ccc(OC)cc3)CCCCC2)cc1. The lowest BCUT2D eigenvalue weighted by Crippen LogP contribution is -2.60. The summed E-state index contributed by atoms with van der Waals surface area (Å²) >= 11 is 0. The van der Waals surface area contributed by atoms with Crippen molar-refractivity contribution in [2.75, 3.05) is 19.5 Å². The number of amides is 2. The first-order chi connectivity index (χ1) is 19.0. The molecule has 0 saturated heterocycles. The lowest BCUT2D eigenvalue weighted by molar-refractivity contribution is -0.149. The van der Waals surface area contributed by atoms with Crippen molar-refractivity contribution in [1.29, 1.82) is 0 Å². The summed E-state index contributed by atoms with van der Waals surface area (Å²) in [6.45, 7) is 0.264. The van der Waals surface area contributed by atoms with Crippen LogP contribution in [0.15, 0.2) is 72.8 Å². The molecule has 1 aromatic heterocycles. The Hall–Kier alpha value is -4.40. The van der Waals surface area contributed by atoms with Crippen molar-refractivity contribution in [3.63, 3.8) is 0 Å². The van der Waals surface area contributed by atoms with E-state index in [-0.39, 0.29) is 24.9 Å². The second-order valence-corrected chi connectivity index (χ2v) is 9.84. The normalized spacial score (nSPS) is 14.5. The maximum absolute atomic E-state index is 14.1. The van der Waals surface area contributed by atoms with E-state index in [0.29, 0.717) is 24.3 Å². The summed E-state index contributed by atoms with van der Waals surface area (Å²) in [4.78, 5) is 30.0. The molecule has 39 heavy (non-hydrogen) atoms. The van der Waals surface area contributed by atoms with Crippen LogP contribution < -0.4 is 14.8 Å². The van der Waals surface area contributed by atoms with Gasteiger partial charge in [0.15, 0.2) is 0 Å². The second kappa shape index (κ2) is 11.6. The van der Waals surface area contributed by atoms with Crippen molar-refractivity contribution in [3.05, 3.63) is 78.4 Å². The third-order valence-corrected chi connectivity index (χ3v) is 7.47. The molecule has 5 rings (SSSR count). The van der Waals surface area contributed by atoms with E-state index in [1.165, 1.54) is 0 Å². The van der Waals surface area contributed by atoms with Crippen molar-refractivity contribution in [1.82, 2.24) is 19.9 Å². The molecule has 9 heteroatoms. The van der Waals surface area contributed by atoms with E-state index in [1.807, 2.05) is 60.7 Å². The van der Waals surface area contributed by atoms with Crippen LogP contribution in [0.3, 0.4) is 0 Å². The molecule has 0 aliphatic heterocycles. The molecule has 0 bridgehead atoms. The molecular formula is C30H33N5O4. The zero-order valence-corrected chi connectivity index (χ0v) is 22.3. The summed E-state index contributed by atoms with van der Waals surface area (Å²) in [5, 5.41) is 11.5. The summed E-state index contributed by atoms with van der Waals surface area (Å²) < 4.78 is 12.2. The van der Waals surface area contributed by atoms with Gasteiger partial charge in [-0.3, -0.25) is 9.59 Å². The third-order valence-electron chi connectivity index (χ3n) is 7.47. The van der Waals surface area contributed by atoms with Crippen molar-refractivity contribution < 1.29 is 19.1 Å². The number of aromatic nitrogens is 3.